The summed E-state index contributed by atoms with van der Waals surface area (Å²) in [6, 6.07) is 6.80. The summed E-state index contributed by atoms with van der Waals surface area (Å²) < 4.78 is 12.3. The summed E-state index contributed by atoms with van der Waals surface area (Å²) in [5, 5.41) is 17.2. The molecule has 1 N–H and O–H groups in total. The quantitative estimate of drug-likeness (QED) is 0.616. The number of hydrogen-bond acceptors (Lipinski definition) is 2. The van der Waals surface area contributed by atoms with Gasteiger partial charge in [-0.3, -0.25) is 0 Å². The Morgan fingerprint density at radius 2 is 1.91 bits per heavy atom. The van der Waals surface area contributed by atoms with Crippen molar-refractivity contribution in [3.63, 3.8) is 0 Å². The number of halogens is 1. The second kappa shape index (κ2) is 3.13. The van der Waals surface area contributed by atoms with Gasteiger partial charge in [0.2, 0.25) is 0 Å². The van der Waals surface area contributed by atoms with Gasteiger partial charge in [-0.1, -0.05) is 12.1 Å². The summed E-state index contributed by atoms with van der Waals surface area (Å²) in [6.07, 6.45) is -1.16. The van der Waals surface area contributed by atoms with Crippen LogP contribution in [0, 0.1) is 17.1 Å². The predicted octanol–water partition coefficient (Wildman–Crippen LogP) is 1.38. The molecule has 0 radical (unpaired) electrons. The van der Waals surface area contributed by atoms with E-state index in [4.69, 9.17) is 10.4 Å². The highest BCUT2D eigenvalue weighted by Gasteiger charge is 2.03. The van der Waals surface area contributed by atoms with E-state index in [0.29, 0.717) is 5.56 Å². The van der Waals surface area contributed by atoms with E-state index in [-0.39, 0.29) is 5.82 Å². The van der Waals surface area contributed by atoms with Crippen LogP contribution in [0.2, 0.25) is 0 Å². The molecule has 0 aliphatic rings. The number of nitrogens with zero attached hydrogens (tertiary/aromatic N) is 1. The third-order valence-electron chi connectivity index (χ3n) is 1.31. The van der Waals surface area contributed by atoms with Crippen LogP contribution in [0.5, 0.6) is 0 Å². The summed E-state index contributed by atoms with van der Waals surface area (Å²) in [5.74, 6) is -0.376. The molecule has 3 heteroatoms. The highest BCUT2D eigenvalue weighted by atomic mass is 19.1. The molecular formula is C8H6FNO. The maximum atomic E-state index is 12.3. The van der Waals surface area contributed by atoms with Crippen molar-refractivity contribution in [2.45, 2.75) is 6.10 Å². The van der Waals surface area contributed by atoms with Gasteiger partial charge in [-0.15, -0.1) is 0 Å². The van der Waals surface area contributed by atoms with E-state index in [1.54, 1.807) is 6.07 Å². The summed E-state index contributed by atoms with van der Waals surface area (Å²) in [4.78, 5) is 0. The molecule has 1 aromatic rings. The first-order valence-electron chi connectivity index (χ1n) is 3.07. The van der Waals surface area contributed by atoms with Gasteiger partial charge in [-0.25, -0.2) is 4.39 Å². The molecule has 1 atom stereocenters. The molecule has 0 aromatic heterocycles. The fourth-order valence-corrected chi connectivity index (χ4v) is 0.720. The molecule has 0 amide bonds. The van der Waals surface area contributed by atoms with Crippen molar-refractivity contribution in [2.24, 2.45) is 0 Å². The van der Waals surface area contributed by atoms with Crippen LogP contribution >= 0.6 is 0 Å². The summed E-state index contributed by atoms with van der Waals surface area (Å²) in [7, 11) is 0. The summed E-state index contributed by atoms with van der Waals surface area (Å²) >= 11 is 0. The average Bonchev–Trinajstić information content (AvgIpc) is 2.05. The van der Waals surface area contributed by atoms with Crippen LogP contribution in [0.3, 0.4) is 0 Å². The van der Waals surface area contributed by atoms with Crippen molar-refractivity contribution in [3.05, 3.63) is 35.6 Å². The second-order valence-electron chi connectivity index (χ2n) is 2.08. The van der Waals surface area contributed by atoms with Crippen molar-refractivity contribution in [1.29, 1.82) is 5.26 Å². The first-order valence-corrected chi connectivity index (χ1v) is 3.07. The molecule has 0 unspecified atom stereocenters. The fraction of sp³-hybridized carbons (Fsp3) is 0.125. The Morgan fingerprint density at radius 1 is 1.36 bits per heavy atom. The molecule has 56 valence electrons. The third-order valence-corrected chi connectivity index (χ3v) is 1.31. The van der Waals surface area contributed by atoms with Crippen molar-refractivity contribution < 1.29 is 9.50 Å². The molecule has 0 aliphatic carbocycles. The van der Waals surface area contributed by atoms with Crippen LogP contribution < -0.4 is 0 Å². The maximum Gasteiger partial charge on any atom is 0.165 e. The highest BCUT2D eigenvalue weighted by Crippen LogP contribution is 2.11. The van der Waals surface area contributed by atoms with Crippen molar-refractivity contribution in [1.82, 2.24) is 0 Å². The minimum Gasteiger partial charge on any atom is -0.374 e. The van der Waals surface area contributed by atoms with E-state index < -0.39 is 6.10 Å². The smallest absolute Gasteiger partial charge is 0.165 e. The van der Waals surface area contributed by atoms with Gasteiger partial charge < -0.3 is 5.11 Å². The Kier molecular flexibility index (Phi) is 2.19. The van der Waals surface area contributed by atoms with Crippen LogP contribution in [0.4, 0.5) is 4.39 Å². The zero-order valence-corrected chi connectivity index (χ0v) is 5.66. The van der Waals surface area contributed by atoms with E-state index in [0.717, 1.165) is 0 Å². The maximum absolute atomic E-state index is 12.3. The Hall–Kier alpha value is -1.40. The third kappa shape index (κ3) is 1.76. The average molecular weight is 151 g/mol. The van der Waals surface area contributed by atoms with E-state index >= 15 is 0 Å². The van der Waals surface area contributed by atoms with E-state index in [1.807, 2.05) is 0 Å². The number of aliphatic hydroxyl groups excluding tert-OH is 1. The van der Waals surface area contributed by atoms with E-state index in [9.17, 15) is 4.39 Å². The SMILES string of the molecule is N#C[C@H](O)c1ccc(F)cc1. The van der Waals surface area contributed by atoms with E-state index in [1.165, 1.54) is 24.3 Å². The monoisotopic (exact) mass is 151 g/mol. The van der Waals surface area contributed by atoms with Crippen LogP contribution in [-0.2, 0) is 0 Å². The normalized spacial score (nSPS) is 12.1. The number of benzene rings is 1. The largest absolute Gasteiger partial charge is 0.374 e. The molecule has 11 heavy (non-hydrogen) atoms. The highest BCUT2D eigenvalue weighted by molar-refractivity contribution is 5.22. The van der Waals surface area contributed by atoms with Gasteiger partial charge in [0, 0.05) is 0 Å². The molecule has 0 heterocycles. The van der Waals surface area contributed by atoms with Crippen LogP contribution in [-0.4, -0.2) is 5.11 Å². The van der Waals surface area contributed by atoms with Crippen molar-refractivity contribution in [2.75, 3.05) is 0 Å². The lowest BCUT2D eigenvalue weighted by atomic mass is 10.1. The minimum absolute atomic E-state index is 0.376. The lowest BCUT2D eigenvalue weighted by molar-refractivity contribution is 0.236. The zero-order chi connectivity index (χ0) is 8.27. The molecule has 1 rings (SSSR count). The molecule has 0 bridgehead atoms. The van der Waals surface area contributed by atoms with Gasteiger partial charge in [0.1, 0.15) is 5.82 Å². The zero-order valence-electron chi connectivity index (χ0n) is 5.66. The minimum atomic E-state index is -1.16. The Bertz CT molecular complexity index is 275. The fourth-order valence-electron chi connectivity index (χ4n) is 0.720. The Morgan fingerprint density at radius 3 is 2.36 bits per heavy atom. The predicted molar refractivity (Wildman–Crippen MR) is 37.0 cm³/mol. The topological polar surface area (TPSA) is 44.0 Å². The van der Waals surface area contributed by atoms with E-state index in [2.05, 4.69) is 0 Å². The standard InChI is InChI=1S/C8H6FNO/c9-7-3-1-6(2-4-7)8(11)5-10/h1-4,8,11H/t8-/m0/s1. The molecule has 0 saturated carbocycles. The first kappa shape index (κ1) is 7.70. The lowest BCUT2D eigenvalue weighted by Gasteiger charge is -1.99. The van der Waals surface area contributed by atoms with Crippen molar-refractivity contribution in [3.8, 4) is 6.07 Å². The molecule has 2 nitrogen and oxygen atoms in total. The van der Waals surface area contributed by atoms with Gasteiger partial charge in [-0.2, -0.15) is 5.26 Å². The van der Waals surface area contributed by atoms with Crippen LogP contribution in [0.25, 0.3) is 0 Å². The second-order valence-corrected chi connectivity index (χ2v) is 2.08. The van der Waals surface area contributed by atoms with Crippen LogP contribution in [0.1, 0.15) is 11.7 Å². The van der Waals surface area contributed by atoms with Gasteiger partial charge in [-0.05, 0) is 17.7 Å². The molecule has 1 aromatic carbocycles. The number of rotatable bonds is 1. The van der Waals surface area contributed by atoms with Crippen LogP contribution in [0.15, 0.2) is 24.3 Å². The van der Waals surface area contributed by atoms with Gasteiger partial charge >= 0.3 is 0 Å². The van der Waals surface area contributed by atoms with Crippen molar-refractivity contribution >= 4 is 0 Å². The summed E-state index contributed by atoms with van der Waals surface area (Å²) in [6.45, 7) is 0. The number of hydrogen-bond donors (Lipinski definition) is 1. The van der Waals surface area contributed by atoms with Gasteiger partial charge in [0.15, 0.2) is 6.10 Å². The number of aliphatic hydroxyl groups is 1. The Labute approximate surface area is 63.5 Å². The molecule has 0 aliphatic heterocycles. The Balaban J connectivity index is 2.92. The molecule has 0 fully saturated rings. The molecule has 0 spiro atoms. The number of nitriles is 1. The van der Waals surface area contributed by atoms with Gasteiger partial charge in [0.05, 0.1) is 6.07 Å². The molecule has 0 saturated heterocycles. The first-order chi connectivity index (χ1) is 5.24. The molecular weight excluding hydrogens is 145 g/mol. The summed E-state index contributed by atoms with van der Waals surface area (Å²) in [5.41, 5.74) is 0.411. The van der Waals surface area contributed by atoms with Gasteiger partial charge in [0.25, 0.3) is 0 Å². The lowest BCUT2D eigenvalue weighted by Crippen LogP contribution is -1.92.